The Morgan fingerprint density at radius 2 is 1.87 bits per heavy atom. The molecule has 7 heteroatoms. The van der Waals surface area contributed by atoms with E-state index in [0.717, 1.165) is 6.04 Å². The lowest BCUT2D eigenvalue weighted by atomic mass is 10.1. The first-order chi connectivity index (χ1) is 10.6. The number of rotatable bonds is 7. The standard InChI is InChI=1S/C16H21NO5Si/c1-12(18)14(16(19)22-9-10-23(2,3)4)11-13-7-5-6-8-15(13)17(20)21/h5-8,11H,9-10H2,1-4H3. The summed E-state index contributed by atoms with van der Waals surface area (Å²) in [6, 6.07) is 6.72. The first-order valence-corrected chi connectivity index (χ1v) is 11.0. The van der Waals surface area contributed by atoms with Crippen LogP contribution in [0.4, 0.5) is 5.69 Å². The van der Waals surface area contributed by atoms with Crippen LogP contribution in [0.5, 0.6) is 0 Å². The molecule has 124 valence electrons. The zero-order valence-electron chi connectivity index (χ0n) is 13.8. The molecular formula is C16H21NO5Si. The molecular weight excluding hydrogens is 314 g/mol. The van der Waals surface area contributed by atoms with E-state index in [1.165, 1.54) is 31.2 Å². The van der Waals surface area contributed by atoms with Crippen molar-refractivity contribution in [2.45, 2.75) is 32.6 Å². The number of hydrogen-bond acceptors (Lipinski definition) is 5. The Balaban J connectivity index is 3.01. The number of benzene rings is 1. The Kier molecular flexibility index (Phi) is 6.38. The van der Waals surface area contributed by atoms with Crippen LogP contribution in [0.25, 0.3) is 6.08 Å². The Bertz CT molecular complexity index is 646. The second-order valence-electron chi connectivity index (χ2n) is 6.38. The minimum Gasteiger partial charge on any atom is -0.462 e. The molecule has 23 heavy (non-hydrogen) atoms. The fourth-order valence-corrected chi connectivity index (χ4v) is 2.48. The first kappa shape index (κ1) is 18.8. The van der Waals surface area contributed by atoms with Crippen LogP contribution in [-0.2, 0) is 14.3 Å². The van der Waals surface area contributed by atoms with E-state index in [0.29, 0.717) is 0 Å². The maximum absolute atomic E-state index is 12.1. The highest BCUT2D eigenvalue weighted by Gasteiger charge is 2.20. The lowest BCUT2D eigenvalue weighted by Gasteiger charge is -2.15. The summed E-state index contributed by atoms with van der Waals surface area (Å²) in [5, 5.41) is 11.0. The molecule has 0 fully saturated rings. The van der Waals surface area contributed by atoms with Crippen LogP contribution in [0, 0.1) is 10.1 Å². The molecule has 0 radical (unpaired) electrons. The molecule has 1 aromatic rings. The highest BCUT2D eigenvalue weighted by Crippen LogP contribution is 2.21. The number of carbonyl (C=O) groups excluding carboxylic acids is 2. The lowest BCUT2D eigenvalue weighted by molar-refractivity contribution is -0.385. The molecule has 0 spiro atoms. The molecule has 0 heterocycles. The van der Waals surface area contributed by atoms with E-state index < -0.39 is 24.7 Å². The predicted octanol–water partition coefficient (Wildman–Crippen LogP) is 3.45. The van der Waals surface area contributed by atoms with Gasteiger partial charge < -0.3 is 4.74 Å². The van der Waals surface area contributed by atoms with Crippen LogP contribution in [0.2, 0.25) is 25.7 Å². The number of carbonyl (C=O) groups is 2. The smallest absolute Gasteiger partial charge is 0.341 e. The normalized spacial score (nSPS) is 11.9. The van der Waals surface area contributed by atoms with E-state index in [2.05, 4.69) is 19.6 Å². The topological polar surface area (TPSA) is 86.5 Å². The first-order valence-electron chi connectivity index (χ1n) is 7.25. The van der Waals surface area contributed by atoms with Crippen LogP contribution in [0.3, 0.4) is 0 Å². The Labute approximate surface area is 136 Å². The fourth-order valence-electron chi connectivity index (χ4n) is 1.76. The minimum absolute atomic E-state index is 0.166. The van der Waals surface area contributed by atoms with Gasteiger partial charge in [0.15, 0.2) is 5.78 Å². The molecule has 0 aliphatic heterocycles. The molecule has 1 rings (SSSR count). The van der Waals surface area contributed by atoms with Crippen LogP contribution in [0.15, 0.2) is 29.8 Å². The fraction of sp³-hybridized carbons (Fsp3) is 0.375. The van der Waals surface area contributed by atoms with Crippen molar-refractivity contribution < 1.29 is 19.2 Å². The highest BCUT2D eigenvalue weighted by atomic mass is 28.3. The number of para-hydroxylation sites is 1. The molecule has 0 atom stereocenters. The molecule has 0 saturated heterocycles. The van der Waals surface area contributed by atoms with Crippen molar-refractivity contribution in [2.24, 2.45) is 0 Å². The summed E-state index contributed by atoms with van der Waals surface area (Å²) in [5.41, 5.74) is -0.152. The second kappa shape index (κ2) is 7.82. The van der Waals surface area contributed by atoms with Gasteiger partial charge in [0.05, 0.1) is 17.1 Å². The number of nitrogens with zero attached hydrogens (tertiary/aromatic N) is 1. The average Bonchev–Trinajstić information content (AvgIpc) is 2.43. The van der Waals surface area contributed by atoms with Crippen molar-refractivity contribution in [2.75, 3.05) is 6.61 Å². The number of esters is 1. The van der Waals surface area contributed by atoms with Gasteiger partial charge >= 0.3 is 5.97 Å². The molecule has 0 unspecified atom stereocenters. The van der Waals surface area contributed by atoms with Gasteiger partial charge in [0.25, 0.3) is 5.69 Å². The molecule has 0 N–H and O–H groups in total. The molecule has 0 aliphatic rings. The predicted molar refractivity (Wildman–Crippen MR) is 90.9 cm³/mol. The van der Waals surface area contributed by atoms with E-state index in [-0.39, 0.29) is 23.4 Å². The van der Waals surface area contributed by atoms with E-state index in [9.17, 15) is 19.7 Å². The van der Waals surface area contributed by atoms with Crippen molar-refractivity contribution in [3.8, 4) is 0 Å². The van der Waals surface area contributed by atoms with Gasteiger partial charge in [-0.25, -0.2) is 4.79 Å². The van der Waals surface area contributed by atoms with E-state index >= 15 is 0 Å². The summed E-state index contributed by atoms with van der Waals surface area (Å²) < 4.78 is 5.15. The van der Waals surface area contributed by atoms with Crippen molar-refractivity contribution in [1.29, 1.82) is 0 Å². The Morgan fingerprint density at radius 3 is 2.39 bits per heavy atom. The van der Waals surface area contributed by atoms with Crippen LogP contribution in [-0.4, -0.2) is 31.4 Å². The number of ketones is 1. The third kappa shape index (κ3) is 6.15. The van der Waals surface area contributed by atoms with E-state index in [1.54, 1.807) is 6.07 Å². The molecule has 6 nitrogen and oxygen atoms in total. The zero-order valence-corrected chi connectivity index (χ0v) is 14.8. The molecule has 0 aromatic heterocycles. The zero-order chi connectivity index (χ0) is 17.6. The van der Waals surface area contributed by atoms with Crippen LogP contribution >= 0.6 is 0 Å². The van der Waals surface area contributed by atoms with Crippen molar-refractivity contribution in [1.82, 2.24) is 0 Å². The summed E-state index contributed by atoms with van der Waals surface area (Å²) in [5.74, 6) is -1.23. The van der Waals surface area contributed by atoms with Crippen molar-refractivity contribution in [3.05, 3.63) is 45.5 Å². The quantitative estimate of drug-likeness (QED) is 0.145. The molecule has 1 aromatic carbocycles. The largest absolute Gasteiger partial charge is 0.462 e. The highest BCUT2D eigenvalue weighted by molar-refractivity contribution is 6.76. The van der Waals surface area contributed by atoms with Gasteiger partial charge in [0, 0.05) is 14.1 Å². The third-order valence-electron chi connectivity index (χ3n) is 3.12. The van der Waals surface area contributed by atoms with Gasteiger partial charge in [0.2, 0.25) is 0 Å². The Morgan fingerprint density at radius 1 is 1.26 bits per heavy atom. The monoisotopic (exact) mass is 335 g/mol. The number of nitro groups is 1. The number of hydrogen-bond donors (Lipinski definition) is 0. The summed E-state index contributed by atoms with van der Waals surface area (Å²) >= 11 is 0. The van der Waals surface area contributed by atoms with Crippen LogP contribution < -0.4 is 0 Å². The van der Waals surface area contributed by atoms with Gasteiger partial charge in [-0.05, 0) is 25.1 Å². The summed E-state index contributed by atoms with van der Waals surface area (Å²) in [4.78, 5) is 34.2. The average molecular weight is 335 g/mol. The molecule has 0 bridgehead atoms. The maximum atomic E-state index is 12.1. The van der Waals surface area contributed by atoms with Crippen molar-refractivity contribution in [3.63, 3.8) is 0 Å². The van der Waals surface area contributed by atoms with E-state index in [4.69, 9.17) is 4.74 Å². The molecule has 0 saturated carbocycles. The van der Waals surface area contributed by atoms with E-state index in [1.807, 2.05) is 0 Å². The number of Topliss-reactive ketones (excluding diaryl/α,β-unsaturated/α-hetero) is 1. The minimum atomic E-state index is -1.35. The van der Waals surface area contributed by atoms with Gasteiger partial charge in [0.1, 0.15) is 5.57 Å². The third-order valence-corrected chi connectivity index (χ3v) is 4.82. The van der Waals surface area contributed by atoms with Gasteiger partial charge in [-0.3, -0.25) is 14.9 Å². The SMILES string of the molecule is CC(=O)C(=Cc1ccccc1[N+](=O)[O-])C(=O)OCC[Si](C)(C)C. The van der Waals surface area contributed by atoms with Gasteiger partial charge in [-0.15, -0.1) is 0 Å². The van der Waals surface area contributed by atoms with Crippen LogP contribution in [0.1, 0.15) is 12.5 Å². The van der Waals surface area contributed by atoms with Gasteiger partial charge in [-0.2, -0.15) is 0 Å². The lowest BCUT2D eigenvalue weighted by Crippen LogP contribution is -2.23. The van der Waals surface area contributed by atoms with Crippen molar-refractivity contribution >= 4 is 31.6 Å². The maximum Gasteiger partial charge on any atom is 0.341 e. The van der Waals surface area contributed by atoms with Gasteiger partial charge in [-0.1, -0.05) is 31.8 Å². The second-order valence-corrected chi connectivity index (χ2v) is 12.0. The summed E-state index contributed by atoms with van der Waals surface area (Å²) in [6.45, 7) is 7.93. The number of nitro benzene ring substituents is 1. The Hall–Kier alpha value is -2.28. The number of ether oxygens (including phenoxy) is 1. The summed E-state index contributed by atoms with van der Waals surface area (Å²) in [7, 11) is -1.35. The molecule has 0 aliphatic carbocycles. The molecule has 0 amide bonds. The summed E-state index contributed by atoms with van der Waals surface area (Å²) in [6.07, 6.45) is 1.22.